The van der Waals surface area contributed by atoms with Gasteiger partial charge < -0.3 is 14.2 Å². The first-order valence-corrected chi connectivity index (χ1v) is 7.08. The highest BCUT2D eigenvalue weighted by Crippen LogP contribution is 2.63. The minimum atomic E-state index is -0.793. The predicted octanol–water partition coefficient (Wildman–Crippen LogP) is 2.39. The van der Waals surface area contributed by atoms with Gasteiger partial charge in [0, 0.05) is 11.3 Å². The molecule has 0 aromatic carbocycles. The molecule has 0 amide bonds. The fourth-order valence-electron chi connectivity index (χ4n) is 3.78. The molecule has 0 bridgehead atoms. The van der Waals surface area contributed by atoms with Gasteiger partial charge in [0.1, 0.15) is 5.76 Å². The van der Waals surface area contributed by atoms with Gasteiger partial charge in [0.25, 0.3) is 0 Å². The van der Waals surface area contributed by atoms with Crippen molar-refractivity contribution in [3.8, 4) is 0 Å². The molecule has 3 atom stereocenters. The molecule has 0 aromatic heterocycles. The van der Waals surface area contributed by atoms with Crippen LogP contribution in [0, 0.1) is 16.7 Å². The van der Waals surface area contributed by atoms with Gasteiger partial charge in [-0.05, 0) is 19.4 Å². The molecule has 0 aromatic rings. The first kappa shape index (κ1) is 16.3. The first-order chi connectivity index (χ1) is 10.3. The number of esters is 2. The van der Waals surface area contributed by atoms with Gasteiger partial charge in [-0.25, -0.2) is 4.79 Å². The van der Waals surface area contributed by atoms with E-state index in [4.69, 9.17) is 14.2 Å². The molecule has 1 fully saturated rings. The van der Waals surface area contributed by atoms with Crippen LogP contribution in [0.5, 0.6) is 0 Å². The Bertz CT molecular complexity index is 600. The van der Waals surface area contributed by atoms with Crippen molar-refractivity contribution < 1.29 is 23.8 Å². The Kier molecular flexibility index (Phi) is 3.94. The maximum atomic E-state index is 12.4. The summed E-state index contributed by atoms with van der Waals surface area (Å²) in [7, 11) is 4.20. The lowest BCUT2D eigenvalue weighted by molar-refractivity contribution is -0.157. The number of allylic oxidation sites excluding steroid dienone is 3. The highest BCUT2D eigenvalue weighted by Gasteiger charge is 2.62. The quantitative estimate of drug-likeness (QED) is 0.592. The molecule has 0 saturated heterocycles. The number of carbonyl (C=O) groups is 2. The van der Waals surface area contributed by atoms with Crippen molar-refractivity contribution in [2.24, 2.45) is 16.7 Å². The second-order valence-corrected chi connectivity index (χ2v) is 6.18. The highest BCUT2D eigenvalue weighted by atomic mass is 16.5. The molecule has 2 aliphatic carbocycles. The van der Waals surface area contributed by atoms with Crippen molar-refractivity contribution in [2.75, 3.05) is 21.3 Å². The van der Waals surface area contributed by atoms with E-state index >= 15 is 0 Å². The summed E-state index contributed by atoms with van der Waals surface area (Å²) in [5, 5.41) is 0. The molecule has 0 radical (unpaired) electrons. The number of fused-ring (bicyclic) bond motifs is 1. The molecule has 0 unspecified atom stereocenters. The minimum Gasteiger partial charge on any atom is -0.496 e. The summed E-state index contributed by atoms with van der Waals surface area (Å²) in [5.74, 6) is -0.672. The fraction of sp³-hybridized carbons (Fsp3) is 0.529. The van der Waals surface area contributed by atoms with Gasteiger partial charge in [0.15, 0.2) is 0 Å². The van der Waals surface area contributed by atoms with Crippen LogP contribution in [0.2, 0.25) is 0 Å². The Labute approximate surface area is 130 Å². The van der Waals surface area contributed by atoms with Gasteiger partial charge in [0.2, 0.25) is 0 Å². The van der Waals surface area contributed by atoms with Crippen molar-refractivity contribution in [1.29, 1.82) is 0 Å². The molecule has 22 heavy (non-hydrogen) atoms. The van der Waals surface area contributed by atoms with E-state index in [0.717, 1.165) is 5.57 Å². The molecule has 1 saturated carbocycles. The van der Waals surface area contributed by atoms with Gasteiger partial charge in [-0.3, -0.25) is 4.79 Å². The van der Waals surface area contributed by atoms with E-state index in [1.165, 1.54) is 21.3 Å². The predicted molar refractivity (Wildman–Crippen MR) is 80.7 cm³/mol. The monoisotopic (exact) mass is 306 g/mol. The molecular weight excluding hydrogens is 284 g/mol. The van der Waals surface area contributed by atoms with Crippen molar-refractivity contribution in [2.45, 2.75) is 20.3 Å². The Hall–Kier alpha value is -2.04. The van der Waals surface area contributed by atoms with E-state index in [0.29, 0.717) is 17.8 Å². The van der Waals surface area contributed by atoms with Crippen LogP contribution < -0.4 is 0 Å². The smallest absolute Gasteiger partial charge is 0.338 e. The Balaban J connectivity index is 2.64. The standard InChI is InChI=1S/C17H22O5/c1-10-9-17(3,15(19)22-6)16(2)8-7-11(20-4)12(13(10)16)14(18)21-5/h7-8,13H,1,9H2,2-6H3/t13-,16+,17+/m1/s1. The molecule has 5 heteroatoms. The average molecular weight is 306 g/mol. The van der Waals surface area contributed by atoms with Gasteiger partial charge in [-0.2, -0.15) is 0 Å². The third kappa shape index (κ3) is 1.91. The van der Waals surface area contributed by atoms with Crippen LogP contribution in [0.4, 0.5) is 0 Å². The molecule has 0 aliphatic heterocycles. The summed E-state index contributed by atoms with van der Waals surface area (Å²) in [6.45, 7) is 7.88. The summed E-state index contributed by atoms with van der Waals surface area (Å²) in [4.78, 5) is 24.6. The van der Waals surface area contributed by atoms with Crippen molar-refractivity contribution in [3.05, 3.63) is 35.6 Å². The first-order valence-electron chi connectivity index (χ1n) is 7.08. The maximum Gasteiger partial charge on any atom is 0.338 e. The Morgan fingerprint density at radius 1 is 1.23 bits per heavy atom. The van der Waals surface area contributed by atoms with Crippen LogP contribution in [0.15, 0.2) is 35.6 Å². The average Bonchev–Trinajstić information content (AvgIpc) is 2.72. The van der Waals surface area contributed by atoms with Crippen LogP contribution >= 0.6 is 0 Å². The lowest BCUT2D eigenvalue weighted by Crippen LogP contribution is -2.44. The number of methoxy groups -OCH3 is 3. The van der Waals surface area contributed by atoms with Gasteiger partial charge in [0.05, 0.1) is 32.3 Å². The normalized spacial score (nSPS) is 33.5. The van der Waals surface area contributed by atoms with Crippen molar-refractivity contribution in [1.82, 2.24) is 0 Å². The second kappa shape index (κ2) is 5.30. The van der Waals surface area contributed by atoms with Crippen LogP contribution in [0.1, 0.15) is 20.3 Å². The SMILES string of the molecule is C=C1C[C@@](C)(C(=O)OC)[C@@]2(C)C=CC(OC)=C(C(=O)OC)[C@@H]12. The van der Waals surface area contributed by atoms with E-state index < -0.39 is 16.8 Å². The summed E-state index contributed by atoms with van der Waals surface area (Å²) >= 11 is 0. The summed E-state index contributed by atoms with van der Waals surface area (Å²) in [6.07, 6.45) is 4.09. The third-order valence-corrected chi connectivity index (χ3v) is 5.17. The van der Waals surface area contributed by atoms with Crippen LogP contribution in [-0.2, 0) is 23.8 Å². The summed E-state index contributed by atoms with van der Waals surface area (Å²) in [5.41, 5.74) is -0.205. The van der Waals surface area contributed by atoms with E-state index in [1.807, 2.05) is 19.9 Å². The second-order valence-electron chi connectivity index (χ2n) is 6.18. The van der Waals surface area contributed by atoms with E-state index in [-0.39, 0.29) is 11.9 Å². The number of ether oxygens (including phenoxy) is 3. The number of hydrogen-bond acceptors (Lipinski definition) is 5. The van der Waals surface area contributed by atoms with Gasteiger partial charge in [-0.1, -0.05) is 25.2 Å². The Morgan fingerprint density at radius 2 is 1.86 bits per heavy atom. The van der Waals surface area contributed by atoms with Crippen LogP contribution in [-0.4, -0.2) is 33.3 Å². The van der Waals surface area contributed by atoms with Gasteiger partial charge >= 0.3 is 11.9 Å². The van der Waals surface area contributed by atoms with Crippen LogP contribution in [0.25, 0.3) is 0 Å². The fourth-order valence-corrected chi connectivity index (χ4v) is 3.78. The number of carbonyl (C=O) groups excluding carboxylic acids is 2. The zero-order valence-electron chi connectivity index (χ0n) is 13.7. The third-order valence-electron chi connectivity index (χ3n) is 5.17. The lowest BCUT2D eigenvalue weighted by atomic mass is 9.61. The maximum absolute atomic E-state index is 12.4. The molecule has 2 aliphatic rings. The van der Waals surface area contributed by atoms with E-state index in [2.05, 4.69) is 6.58 Å². The zero-order chi connectivity index (χ0) is 16.7. The van der Waals surface area contributed by atoms with Crippen LogP contribution in [0.3, 0.4) is 0 Å². The minimum absolute atomic E-state index is 0.312. The molecular formula is C17H22O5. The highest BCUT2D eigenvalue weighted by molar-refractivity contribution is 5.93. The molecule has 0 heterocycles. The number of rotatable bonds is 3. The van der Waals surface area contributed by atoms with E-state index in [1.54, 1.807) is 6.08 Å². The van der Waals surface area contributed by atoms with Crippen molar-refractivity contribution in [3.63, 3.8) is 0 Å². The number of hydrogen-bond donors (Lipinski definition) is 0. The Morgan fingerprint density at radius 3 is 2.36 bits per heavy atom. The molecule has 0 N–H and O–H groups in total. The van der Waals surface area contributed by atoms with Crippen molar-refractivity contribution >= 4 is 11.9 Å². The largest absolute Gasteiger partial charge is 0.496 e. The molecule has 120 valence electrons. The molecule has 0 spiro atoms. The molecule has 2 rings (SSSR count). The topological polar surface area (TPSA) is 61.8 Å². The summed E-state index contributed by atoms with van der Waals surface area (Å²) in [6, 6.07) is 0. The zero-order valence-corrected chi connectivity index (χ0v) is 13.7. The molecule has 5 nitrogen and oxygen atoms in total. The van der Waals surface area contributed by atoms with Gasteiger partial charge in [-0.15, -0.1) is 0 Å². The van der Waals surface area contributed by atoms with E-state index in [9.17, 15) is 9.59 Å². The lowest BCUT2D eigenvalue weighted by Gasteiger charge is -2.42. The summed E-state index contributed by atoms with van der Waals surface area (Å²) < 4.78 is 15.2.